The highest BCUT2D eigenvalue weighted by atomic mass is 19.2. The van der Waals surface area contributed by atoms with E-state index in [1.807, 2.05) is 0 Å². The van der Waals surface area contributed by atoms with Gasteiger partial charge in [-0.2, -0.15) is 0 Å². The maximum Gasteiger partial charge on any atom is 0.306 e. The average molecular weight is 266 g/mol. The van der Waals surface area contributed by atoms with E-state index < -0.39 is 17.6 Å². The fourth-order valence-corrected chi connectivity index (χ4v) is 2.67. The van der Waals surface area contributed by atoms with Crippen LogP contribution in [0.1, 0.15) is 31.0 Å². The zero-order valence-corrected chi connectivity index (χ0v) is 9.99. The average Bonchev–Trinajstić information content (AvgIpc) is 2.95. The molecule has 1 aromatic heterocycles. The summed E-state index contributed by atoms with van der Waals surface area (Å²) in [7, 11) is 0. The number of imidazole rings is 1. The molecule has 1 aromatic carbocycles. The molecule has 1 aliphatic carbocycles. The summed E-state index contributed by atoms with van der Waals surface area (Å²) < 4.78 is 26.2. The van der Waals surface area contributed by atoms with Crippen molar-refractivity contribution in [2.24, 2.45) is 5.92 Å². The summed E-state index contributed by atoms with van der Waals surface area (Å²) in [4.78, 5) is 18.1. The van der Waals surface area contributed by atoms with Crippen molar-refractivity contribution in [2.75, 3.05) is 0 Å². The van der Waals surface area contributed by atoms with E-state index in [0.29, 0.717) is 29.7 Å². The largest absolute Gasteiger partial charge is 0.481 e. The Morgan fingerprint density at radius 3 is 2.74 bits per heavy atom. The molecular weight excluding hydrogens is 254 g/mol. The van der Waals surface area contributed by atoms with Crippen LogP contribution in [0.25, 0.3) is 11.0 Å². The third kappa shape index (κ3) is 2.07. The fourth-order valence-electron chi connectivity index (χ4n) is 2.67. The molecule has 100 valence electrons. The zero-order valence-electron chi connectivity index (χ0n) is 9.99. The molecule has 1 heterocycles. The third-order valence-electron chi connectivity index (χ3n) is 3.71. The number of halogens is 2. The number of carbonyl (C=O) groups is 1. The van der Waals surface area contributed by atoms with E-state index in [4.69, 9.17) is 5.11 Å². The number of aromatic amines is 1. The molecule has 2 aromatic rings. The number of fused-ring (bicyclic) bond motifs is 1. The van der Waals surface area contributed by atoms with E-state index in [1.54, 1.807) is 0 Å². The van der Waals surface area contributed by atoms with Crippen molar-refractivity contribution < 1.29 is 18.7 Å². The van der Waals surface area contributed by atoms with Crippen molar-refractivity contribution in [1.29, 1.82) is 0 Å². The Balaban J connectivity index is 1.92. The Labute approximate surface area is 107 Å². The fraction of sp³-hybridized carbons (Fsp3) is 0.385. The summed E-state index contributed by atoms with van der Waals surface area (Å²) >= 11 is 0. The van der Waals surface area contributed by atoms with Crippen LogP contribution in [-0.2, 0) is 4.79 Å². The van der Waals surface area contributed by atoms with E-state index >= 15 is 0 Å². The molecule has 1 fully saturated rings. The Hall–Kier alpha value is -1.98. The van der Waals surface area contributed by atoms with Gasteiger partial charge < -0.3 is 10.1 Å². The number of nitrogens with one attached hydrogen (secondary N) is 1. The molecular formula is C13H12F2N2O2. The van der Waals surface area contributed by atoms with E-state index in [0.717, 1.165) is 18.6 Å². The van der Waals surface area contributed by atoms with Gasteiger partial charge in [0.1, 0.15) is 5.82 Å². The molecule has 1 aliphatic rings. The van der Waals surface area contributed by atoms with E-state index in [9.17, 15) is 13.6 Å². The van der Waals surface area contributed by atoms with E-state index in [2.05, 4.69) is 9.97 Å². The maximum absolute atomic E-state index is 13.1. The van der Waals surface area contributed by atoms with Gasteiger partial charge in [0.05, 0.1) is 17.0 Å². The predicted octanol–water partition coefficient (Wildman–Crippen LogP) is 2.81. The minimum absolute atomic E-state index is 0.0135. The summed E-state index contributed by atoms with van der Waals surface area (Å²) in [5.74, 6) is -2.37. The van der Waals surface area contributed by atoms with Gasteiger partial charge in [-0.1, -0.05) is 0 Å². The van der Waals surface area contributed by atoms with Gasteiger partial charge in [-0.05, 0) is 19.3 Å². The molecule has 4 nitrogen and oxygen atoms in total. The first-order chi connectivity index (χ1) is 9.04. The summed E-state index contributed by atoms with van der Waals surface area (Å²) in [5, 5.41) is 8.96. The number of hydrogen-bond acceptors (Lipinski definition) is 2. The number of rotatable bonds is 2. The number of nitrogens with zero attached hydrogens (tertiary/aromatic N) is 1. The summed E-state index contributed by atoms with van der Waals surface area (Å²) in [6, 6.07) is 2.12. The maximum atomic E-state index is 13.1. The normalized spacial score (nSPS) is 23.1. The lowest BCUT2D eigenvalue weighted by atomic mass is 10.0. The Bertz CT molecular complexity index is 614. The van der Waals surface area contributed by atoms with Gasteiger partial charge in [0, 0.05) is 18.1 Å². The van der Waals surface area contributed by atoms with Crippen LogP contribution in [0.3, 0.4) is 0 Å². The van der Waals surface area contributed by atoms with Gasteiger partial charge in [-0.15, -0.1) is 0 Å². The van der Waals surface area contributed by atoms with Crippen LogP contribution < -0.4 is 0 Å². The highest BCUT2D eigenvalue weighted by Gasteiger charge is 2.32. The van der Waals surface area contributed by atoms with Crippen LogP contribution in [-0.4, -0.2) is 21.0 Å². The molecule has 0 spiro atoms. The highest BCUT2D eigenvalue weighted by molar-refractivity contribution is 5.75. The summed E-state index contributed by atoms with van der Waals surface area (Å²) in [5.41, 5.74) is 0.806. The van der Waals surface area contributed by atoms with Gasteiger partial charge in [-0.25, -0.2) is 13.8 Å². The van der Waals surface area contributed by atoms with Crippen molar-refractivity contribution in [2.45, 2.75) is 25.2 Å². The first-order valence-electron chi connectivity index (χ1n) is 6.12. The van der Waals surface area contributed by atoms with Crippen LogP contribution >= 0.6 is 0 Å². The standard InChI is InChI=1S/C13H12F2N2O2/c14-8-4-10-11(5-9(8)15)17-12(16-10)6-1-2-7(3-6)13(18)19/h4-7H,1-3H2,(H,16,17)(H,18,19). The zero-order chi connectivity index (χ0) is 13.6. The summed E-state index contributed by atoms with van der Waals surface area (Å²) in [6.45, 7) is 0. The van der Waals surface area contributed by atoms with Gasteiger partial charge in [-0.3, -0.25) is 4.79 Å². The number of carboxylic acids is 1. The number of aromatic nitrogens is 2. The minimum atomic E-state index is -0.930. The molecule has 2 unspecified atom stereocenters. The third-order valence-corrected chi connectivity index (χ3v) is 3.71. The Kier molecular flexibility index (Phi) is 2.73. The van der Waals surface area contributed by atoms with Crippen LogP contribution in [0.5, 0.6) is 0 Å². The topological polar surface area (TPSA) is 66.0 Å². The second-order valence-electron chi connectivity index (χ2n) is 4.95. The van der Waals surface area contributed by atoms with Crippen molar-refractivity contribution in [3.63, 3.8) is 0 Å². The Morgan fingerprint density at radius 2 is 2.05 bits per heavy atom. The van der Waals surface area contributed by atoms with Gasteiger partial charge in [0.25, 0.3) is 0 Å². The molecule has 2 atom stereocenters. The first kappa shape index (κ1) is 12.1. The van der Waals surface area contributed by atoms with Gasteiger partial charge in [0.15, 0.2) is 11.6 Å². The molecule has 0 bridgehead atoms. The summed E-state index contributed by atoms with van der Waals surface area (Å²) in [6.07, 6.45) is 1.85. The molecule has 0 saturated heterocycles. The molecule has 0 amide bonds. The van der Waals surface area contributed by atoms with Crippen LogP contribution in [0.2, 0.25) is 0 Å². The number of benzene rings is 1. The second-order valence-corrected chi connectivity index (χ2v) is 4.95. The quantitative estimate of drug-likeness (QED) is 0.878. The van der Waals surface area contributed by atoms with E-state index in [1.165, 1.54) is 0 Å². The lowest BCUT2D eigenvalue weighted by molar-refractivity contribution is -0.141. The smallest absolute Gasteiger partial charge is 0.306 e. The van der Waals surface area contributed by atoms with E-state index in [-0.39, 0.29) is 11.8 Å². The SMILES string of the molecule is O=C(O)C1CCC(c2nc3cc(F)c(F)cc3[nH]2)C1. The molecule has 1 saturated carbocycles. The Morgan fingerprint density at radius 1 is 1.32 bits per heavy atom. The number of hydrogen-bond donors (Lipinski definition) is 2. The minimum Gasteiger partial charge on any atom is -0.481 e. The number of aliphatic carboxylic acids is 1. The van der Waals surface area contributed by atoms with Crippen LogP contribution in [0, 0.1) is 17.6 Å². The van der Waals surface area contributed by atoms with Gasteiger partial charge in [0.2, 0.25) is 0 Å². The molecule has 6 heteroatoms. The monoisotopic (exact) mass is 266 g/mol. The number of carboxylic acid groups (broad SMARTS) is 1. The molecule has 3 rings (SSSR count). The lowest BCUT2D eigenvalue weighted by Crippen LogP contribution is -2.09. The molecule has 0 radical (unpaired) electrons. The van der Waals surface area contributed by atoms with Crippen molar-refractivity contribution in [3.8, 4) is 0 Å². The second kappa shape index (κ2) is 4.29. The van der Waals surface area contributed by atoms with Crippen molar-refractivity contribution in [1.82, 2.24) is 9.97 Å². The molecule has 19 heavy (non-hydrogen) atoms. The first-order valence-corrected chi connectivity index (χ1v) is 6.12. The van der Waals surface area contributed by atoms with Crippen molar-refractivity contribution >= 4 is 17.0 Å². The number of H-pyrrole nitrogens is 1. The highest BCUT2D eigenvalue weighted by Crippen LogP contribution is 2.37. The predicted molar refractivity (Wildman–Crippen MR) is 63.7 cm³/mol. The van der Waals surface area contributed by atoms with Crippen molar-refractivity contribution in [3.05, 3.63) is 29.6 Å². The molecule has 2 N–H and O–H groups in total. The van der Waals surface area contributed by atoms with Crippen LogP contribution in [0.4, 0.5) is 8.78 Å². The van der Waals surface area contributed by atoms with Gasteiger partial charge >= 0.3 is 5.97 Å². The molecule has 0 aliphatic heterocycles. The van der Waals surface area contributed by atoms with Crippen LogP contribution in [0.15, 0.2) is 12.1 Å². The lowest BCUT2D eigenvalue weighted by Gasteiger charge is -2.04.